The summed E-state index contributed by atoms with van der Waals surface area (Å²) in [5.74, 6) is 1.00. The number of aryl methyl sites for hydroxylation is 1. The molecule has 0 aliphatic carbocycles. The lowest BCUT2D eigenvalue weighted by molar-refractivity contribution is -0.137. The van der Waals surface area contributed by atoms with E-state index in [0.29, 0.717) is 60.8 Å². The quantitative estimate of drug-likeness (QED) is 0.356. The molecule has 0 atom stereocenters. The van der Waals surface area contributed by atoms with Crippen molar-refractivity contribution >= 4 is 54.9 Å². The molecule has 0 radical (unpaired) electrons. The summed E-state index contributed by atoms with van der Waals surface area (Å²) >= 11 is 6.90. The van der Waals surface area contributed by atoms with Gasteiger partial charge in [0.25, 0.3) is 11.5 Å². The van der Waals surface area contributed by atoms with Crippen molar-refractivity contribution in [2.45, 2.75) is 26.2 Å². The zero-order chi connectivity index (χ0) is 24.8. The summed E-state index contributed by atoms with van der Waals surface area (Å²) in [6, 6.07) is 10.9. The molecule has 8 nitrogen and oxygen atoms in total. The number of rotatable bonds is 8. The number of halogens is 2. The molecular weight excluding hydrogens is 580 g/mol. The summed E-state index contributed by atoms with van der Waals surface area (Å²) in [5, 5.41) is 5.00. The maximum Gasteiger partial charge on any atom is 0.282 e. The Labute approximate surface area is 220 Å². The maximum absolute atomic E-state index is 13.3. The number of hydrogen-bond donors (Lipinski definition) is 0. The fraction of sp³-hybridized carbons (Fsp3) is 0.360. The van der Waals surface area contributed by atoms with Crippen molar-refractivity contribution in [1.82, 2.24) is 14.6 Å². The number of morpholine rings is 1. The Hall–Kier alpha value is -2.56. The summed E-state index contributed by atoms with van der Waals surface area (Å²) in [6.07, 6.45) is 4.06. The molecule has 0 N–H and O–H groups in total. The zero-order valence-corrected chi connectivity index (χ0v) is 22.5. The third-order valence-electron chi connectivity index (χ3n) is 5.63. The van der Waals surface area contributed by atoms with Crippen LogP contribution in [0.15, 0.2) is 55.2 Å². The number of nitrogens with zero attached hydrogens (tertiary/aromatic N) is 4. The molecule has 1 fully saturated rings. The van der Waals surface area contributed by atoms with Crippen LogP contribution in [0.4, 0.5) is 0 Å². The van der Waals surface area contributed by atoms with Crippen molar-refractivity contribution < 1.29 is 14.3 Å². The zero-order valence-electron chi connectivity index (χ0n) is 19.4. The molecule has 4 rings (SSSR count). The number of fused-ring (bicyclic) bond motifs is 1. The summed E-state index contributed by atoms with van der Waals surface area (Å²) in [6.45, 7) is 4.19. The first-order valence-corrected chi connectivity index (χ1v) is 13.1. The molecule has 1 amide bonds. The molecule has 3 aromatic rings. The van der Waals surface area contributed by atoms with Gasteiger partial charge in [-0.1, -0.05) is 45.2 Å². The van der Waals surface area contributed by atoms with E-state index in [0.717, 1.165) is 21.8 Å². The average Bonchev–Trinajstić information content (AvgIpc) is 2.87. The van der Waals surface area contributed by atoms with Crippen LogP contribution in [0.1, 0.15) is 31.2 Å². The van der Waals surface area contributed by atoms with Gasteiger partial charge in [-0.2, -0.15) is 9.78 Å². The van der Waals surface area contributed by atoms with Gasteiger partial charge in [-0.25, -0.2) is 4.98 Å². The fourth-order valence-corrected chi connectivity index (χ4v) is 4.47. The van der Waals surface area contributed by atoms with Crippen molar-refractivity contribution in [3.05, 3.63) is 67.1 Å². The van der Waals surface area contributed by atoms with Crippen molar-refractivity contribution in [3.63, 3.8) is 0 Å². The first-order chi connectivity index (χ1) is 17.0. The first-order valence-electron chi connectivity index (χ1n) is 11.5. The highest BCUT2D eigenvalue weighted by Crippen LogP contribution is 2.22. The highest BCUT2D eigenvalue weighted by molar-refractivity contribution is 9.10. The van der Waals surface area contributed by atoms with E-state index in [1.54, 1.807) is 23.2 Å². The van der Waals surface area contributed by atoms with Crippen LogP contribution in [0.5, 0.6) is 5.75 Å². The van der Waals surface area contributed by atoms with Gasteiger partial charge >= 0.3 is 0 Å². The minimum atomic E-state index is -0.237. The minimum Gasteiger partial charge on any atom is -0.483 e. The van der Waals surface area contributed by atoms with E-state index in [1.807, 2.05) is 24.3 Å². The molecule has 0 unspecified atom stereocenters. The Balaban J connectivity index is 1.64. The van der Waals surface area contributed by atoms with Crippen LogP contribution < -0.4 is 10.3 Å². The van der Waals surface area contributed by atoms with Gasteiger partial charge in [0.2, 0.25) is 0 Å². The number of unbranched alkanes of at least 4 members (excludes halogenated alkanes) is 1. The summed E-state index contributed by atoms with van der Waals surface area (Å²) in [4.78, 5) is 32.3. The highest BCUT2D eigenvalue weighted by Gasteiger charge is 2.18. The van der Waals surface area contributed by atoms with Gasteiger partial charge < -0.3 is 14.4 Å². The smallest absolute Gasteiger partial charge is 0.282 e. The van der Waals surface area contributed by atoms with E-state index >= 15 is 0 Å². The molecule has 2 aromatic carbocycles. The van der Waals surface area contributed by atoms with E-state index in [4.69, 9.17) is 14.5 Å². The Morgan fingerprint density at radius 3 is 2.69 bits per heavy atom. The van der Waals surface area contributed by atoms with Gasteiger partial charge in [0.15, 0.2) is 6.61 Å². The molecular formula is C25H26Br2N4O4. The second-order valence-electron chi connectivity index (χ2n) is 8.12. The molecule has 1 aliphatic rings. The largest absolute Gasteiger partial charge is 0.483 e. The fourth-order valence-electron chi connectivity index (χ4n) is 3.73. The SMILES string of the molecule is CCCCc1nc2ccc(Br)cc2c(=O)n1N=Cc1cc(Br)ccc1OCC(=O)N1CCOCC1. The van der Waals surface area contributed by atoms with E-state index in [-0.39, 0.29) is 18.1 Å². The maximum atomic E-state index is 13.3. The van der Waals surface area contributed by atoms with E-state index in [2.05, 4.69) is 43.9 Å². The molecule has 0 spiro atoms. The molecule has 0 bridgehead atoms. The molecule has 2 heterocycles. The van der Waals surface area contributed by atoms with E-state index in [9.17, 15) is 9.59 Å². The molecule has 1 aliphatic heterocycles. The third kappa shape index (κ3) is 6.36. The van der Waals surface area contributed by atoms with Gasteiger partial charge in [0.05, 0.1) is 30.3 Å². The van der Waals surface area contributed by atoms with Crippen LogP contribution in [0.3, 0.4) is 0 Å². The van der Waals surface area contributed by atoms with Gasteiger partial charge in [0, 0.05) is 34.0 Å². The Morgan fingerprint density at radius 1 is 1.17 bits per heavy atom. The Morgan fingerprint density at radius 2 is 1.91 bits per heavy atom. The molecule has 1 saturated heterocycles. The molecule has 0 saturated carbocycles. The number of carbonyl (C=O) groups excluding carboxylic acids is 1. The predicted octanol–water partition coefficient (Wildman–Crippen LogP) is 4.38. The van der Waals surface area contributed by atoms with Crippen LogP contribution in [0.2, 0.25) is 0 Å². The number of benzene rings is 2. The van der Waals surface area contributed by atoms with Crippen molar-refractivity contribution in [2.75, 3.05) is 32.9 Å². The molecule has 1 aromatic heterocycles. The third-order valence-corrected chi connectivity index (χ3v) is 6.61. The number of hydrogen-bond acceptors (Lipinski definition) is 6. The van der Waals surface area contributed by atoms with Crippen LogP contribution in [-0.2, 0) is 16.0 Å². The topological polar surface area (TPSA) is 86.0 Å². The Kier molecular flexibility index (Phi) is 8.69. The lowest BCUT2D eigenvalue weighted by Crippen LogP contribution is -2.43. The number of ether oxygens (including phenoxy) is 2. The highest BCUT2D eigenvalue weighted by atomic mass is 79.9. The van der Waals surface area contributed by atoms with Gasteiger partial charge in [-0.15, -0.1) is 0 Å². The predicted molar refractivity (Wildman–Crippen MR) is 142 cm³/mol. The lowest BCUT2D eigenvalue weighted by atomic mass is 10.2. The number of aromatic nitrogens is 2. The second kappa shape index (κ2) is 11.9. The van der Waals surface area contributed by atoms with E-state index in [1.165, 1.54) is 4.68 Å². The average molecular weight is 606 g/mol. The summed E-state index contributed by atoms with van der Waals surface area (Å²) in [5.41, 5.74) is 1.04. The number of amides is 1. The molecule has 10 heteroatoms. The lowest BCUT2D eigenvalue weighted by Gasteiger charge is -2.26. The van der Waals surface area contributed by atoms with Gasteiger partial charge in [-0.3, -0.25) is 9.59 Å². The summed E-state index contributed by atoms with van der Waals surface area (Å²) in [7, 11) is 0. The molecule has 184 valence electrons. The van der Waals surface area contributed by atoms with Gasteiger partial charge in [0.1, 0.15) is 11.6 Å². The molecule has 35 heavy (non-hydrogen) atoms. The van der Waals surface area contributed by atoms with Crippen LogP contribution in [0, 0.1) is 0 Å². The standard InChI is InChI=1S/C25H26Br2N4O4/c1-2-3-4-23-29-21-7-5-19(27)14-20(21)25(33)31(23)28-15-17-13-18(26)6-8-22(17)35-16-24(32)30-9-11-34-12-10-30/h5-8,13-15H,2-4,9-12,16H2,1H3. The second-order valence-corrected chi connectivity index (χ2v) is 9.95. The minimum absolute atomic E-state index is 0.0876. The van der Waals surface area contributed by atoms with Crippen LogP contribution in [0.25, 0.3) is 10.9 Å². The Bertz CT molecular complexity index is 1300. The van der Waals surface area contributed by atoms with Crippen molar-refractivity contribution in [1.29, 1.82) is 0 Å². The van der Waals surface area contributed by atoms with Crippen molar-refractivity contribution in [2.24, 2.45) is 5.10 Å². The van der Waals surface area contributed by atoms with E-state index < -0.39 is 0 Å². The number of carbonyl (C=O) groups is 1. The van der Waals surface area contributed by atoms with Crippen LogP contribution >= 0.6 is 31.9 Å². The summed E-state index contributed by atoms with van der Waals surface area (Å²) < 4.78 is 14.1. The van der Waals surface area contributed by atoms with Crippen molar-refractivity contribution in [3.8, 4) is 5.75 Å². The normalized spacial score (nSPS) is 14.1. The van der Waals surface area contributed by atoms with Crippen LogP contribution in [-0.4, -0.2) is 59.6 Å². The van der Waals surface area contributed by atoms with Gasteiger partial charge in [-0.05, 0) is 42.8 Å². The first kappa shape index (κ1) is 25.5. The monoisotopic (exact) mass is 604 g/mol.